The lowest BCUT2D eigenvalue weighted by atomic mass is 10.0. The molecule has 0 spiro atoms. The normalized spacial score (nSPS) is 22.2. The SMILES string of the molecule is CCc1oc2ccccc2c1CNCC1(OC)CCOC1. The second-order valence-corrected chi connectivity index (χ2v) is 5.65. The molecule has 0 saturated carbocycles. The van der Waals surface area contributed by atoms with E-state index in [-0.39, 0.29) is 5.60 Å². The molecule has 4 nitrogen and oxygen atoms in total. The molecule has 1 saturated heterocycles. The molecule has 1 N–H and O–H groups in total. The van der Waals surface area contributed by atoms with Crippen LogP contribution in [0.25, 0.3) is 11.0 Å². The predicted octanol–water partition coefficient (Wildman–Crippen LogP) is 2.89. The molecule has 4 heteroatoms. The van der Waals surface area contributed by atoms with Gasteiger partial charge >= 0.3 is 0 Å². The van der Waals surface area contributed by atoms with Crippen molar-refractivity contribution < 1.29 is 13.9 Å². The van der Waals surface area contributed by atoms with Gasteiger partial charge < -0.3 is 19.2 Å². The quantitative estimate of drug-likeness (QED) is 0.888. The Morgan fingerprint density at radius 1 is 1.33 bits per heavy atom. The van der Waals surface area contributed by atoms with Crippen LogP contribution in [-0.4, -0.2) is 32.5 Å². The topological polar surface area (TPSA) is 43.6 Å². The summed E-state index contributed by atoms with van der Waals surface area (Å²) in [6.45, 7) is 5.17. The third-order valence-electron chi connectivity index (χ3n) is 4.35. The second-order valence-electron chi connectivity index (χ2n) is 5.65. The molecule has 2 aromatic rings. The first-order valence-corrected chi connectivity index (χ1v) is 7.61. The molecule has 21 heavy (non-hydrogen) atoms. The first-order valence-electron chi connectivity index (χ1n) is 7.61. The highest BCUT2D eigenvalue weighted by atomic mass is 16.5. The van der Waals surface area contributed by atoms with E-state index in [1.165, 1.54) is 10.9 Å². The van der Waals surface area contributed by atoms with Crippen molar-refractivity contribution in [2.45, 2.75) is 31.9 Å². The molecule has 1 aliphatic rings. The van der Waals surface area contributed by atoms with E-state index in [9.17, 15) is 0 Å². The first-order chi connectivity index (χ1) is 10.3. The Bertz CT molecular complexity index is 599. The summed E-state index contributed by atoms with van der Waals surface area (Å²) in [7, 11) is 1.76. The molecule has 0 amide bonds. The van der Waals surface area contributed by atoms with Crippen LogP contribution in [0.3, 0.4) is 0 Å². The molecule has 1 aromatic carbocycles. The van der Waals surface area contributed by atoms with E-state index in [0.717, 1.165) is 43.9 Å². The summed E-state index contributed by atoms with van der Waals surface area (Å²) in [6.07, 6.45) is 1.85. The van der Waals surface area contributed by atoms with Crippen molar-refractivity contribution in [1.82, 2.24) is 5.32 Å². The number of ether oxygens (including phenoxy) is 2. The zero-order valence-corrected chi connectivity index (χ0v) is 12.8. The van der Waals surface area contributed by atoms with Crippen LogP contribution in [0.5, 0.6) is 0 Å². The van der Waals surface area contributed by atoms with Gasteiger partial charge in [-0.15, -0.1) is 0 Å². The number of para-hydroxylation sites is 1. The Morgan fingerprint density at radius 2 is 2.19 bits per heavy atom. The van der Waals surface area contributed by atoms with Gasteiger partial charge in [0.1, 0.15) is 16.9 Å². The van der Waals surface area contributed by atoms with Crippen LogP contribution in [-0.2, 0) is 22.4 Å². The molecule has 3 rings (SSSR count). The van der Waals surface area contributed by atoms with Crippen molar-refractivity contribution in [2.75, 3.05) is 26.9 Å². The number of furan rings is 1. The highest BCUT2D eigenvalue weighted by molar-refractivity contribution is 5.82. The highest BCUT2D eigenvalue weighted by Crippen LogP contribution is 2.27. The van der Waals surface area contributed by atoms with Gasteiger partial charge in [0.2, 0.25) is 0 Å². The van der Waals surface area contributed by atoms with Crippen molar-refractivity contribution >= 4 is 11.0 Å². The van der Waals surface area contributed by atoms with Crippen molar-refractivity contribution in [1.29, 1.82) is 0 Å². The summed E-state index contributed by atoms with van der Waals surface area (Å²) in [5.74, 6) is 1.07. The molecule has 1 fully saturated rings. The van der Waals surface area contributed by atoms with Gasteiger partial charge in [-0.05, 0) is 6.07 Å². The minimum absolute atomic E-state index is 0.175. The van der Waals surface area contributed by atoms with Gasteiger partial charge in [-0.1, -0.05) is 25.1 Å². The summed E-state index contributed by atoms with van der Waals surface area (Å²) in [5, 5.41) is 4.73. The van der Waals surface area contributed by atoms with Gasteiger partial charge in [0, 0.05) is 50.6 Å². The number of rotatable bonds is 6. The third-order valence-corrected chi connectivity index (χ3v) is 4.35. The van der Waals surface area contributed by atoms with Gasteiger partial charge in [-0.25, -0.2) is 0 Å². The van der Waals surface area contributed by atoms with E-state index >= 15 is 0 Å². The average molecular weight is 289 g/mol. The van der Waals surface area contributed by atoms with Gasteiger partial charge in [0.25, 0.3) is 0 Å². The van der Waals surface area contributed by atoms with Crippen LogP contribution < -0.4 is 5.32 Å². The van der Waals surface area contributed by atoms with Crippen LogP contribution in [0, 0.1) is 0 Å². The molecule has 114 valence electrons. The maximum absolute atomic E-state index is 5.93. The van der Waals surface area contributed by atoms with Crippen molar-refractivity contribution in [3.63, 3.8) is 0 Å². The number of benzene rings is 1. The molecular weight excluding hydrogens is 266 g/mol. The largest absolute Gasteiger partial charge is 0.461 e. The van der Waals surface area contributed by atoms with E-state index in [4.69, 9.17) is 13.9 Å². The smallest absolute Gasteiger partial charge is 0.134 e. The fourth-order valence-electron chi connectivity index (χ4n) is 3.01. The minimum atomic E-state index is -0.175. The molecule has 2 heterocycles. The second kappa shape index (κ2) is 6.18. The Morgan fingerprint density at radius 3 is 2.90 bits per heavy atom. The van der Waals surface area contributed by atoms with Gasteiger partial charge in [0.15, 0.2) is 0 Å². The Balaban J connectivity index is 1.73. The summed E-state index contributed by atoms with van der Waals surface area (Å²) in [4.78, 5) is 0. The molecule has 1 atom stereocenters. The number of nitrogens with one attached hydrogen (secondary N) is 1. The van der Waals surface area contributed by atoms with E-state index in [0.29, 0.717) is 6.61 Å². The van der Waals surface area contributed by atoms with Crippen LogP contribution >= 0.6 is 0 Å². The number of aryl methyl sites for hydroxylation is 1. The molecule has 0 aliphatic carbocycles. The van der Waals surface area contributed by atoms with Crippen LogP contribution in [0.2, 0.25) is 0 Å². The number of hydrogen-bond donors (Lipinski definition) is 1. The molecule has 0 bridgehead atoms. The van der Waals surface area contributed by atoms with Crippen molar-refractivity contribution in [3.05, 3.63) is 35.6 Å². The fourth-order valence-corrected chi connectivity index (χ4v) is 3.01. The van der Waals surface area contributed by atoms with Crippen LogP contribution in [0.4, 0.5) is 0 Å². The van der Waals surface area contributed by atoms with Crippen molar-refractivity contribution in [2.24, 2.45) is 0 Å². The summed E-state index contributed by atoms with van der Waals surface area (Å²) < 4.78 is 17.0. The van der Waals surface area contributed by atoms with Crippen LogP contribution in [0.1, 0.15) is 24.7 Å². The van der Waals surface area contributed by atoms with Gasteiger partial charge in [-0.3, -0.25) is 0 Å². The van der Waals surface area contributed by atoms with E-state index in [1.807, 2.05) is 12.1 Å². The van der Waals surface area contributed by atoms with E-state index in [2.05, 4.69) is 24.4 Å². The number of hydrogen-bond acceptors (Lipinski definition) is 4. The highest BCUT2D eigenvalue weighted by Gasteiger charge is 2.34. The average Bonchev–Trinajstić information content (AvgIpc) is 3.13. The standard InChI is InChI=1S/C17H23NO3/c1-3-15-14(13-6-4-5-7-16(13)21-15)10-18-11-17(19-2)8-9-20-12-17/h4-7,18H,3,8-12H2,1-2H3. The maximum atomic E-state index is 5.93. The van der Waals surface area contributed by atoms with Crippen molar-refractivity contribution in [3.8, 4) is 0 Å². The maximum Gasteiger partial charge on any atom is 0.134 e. The third kappa shape index (κ3) is 2.84. The lowest BCUT2D eigenvalue weighted by Gasteiger charge is -2.26. The molecule has 0 radical (unpaired) electrons. The monoisotopic (exact) mass is 289 g/mol. The summed E-state index contributed by atoms with van der Waals surface area (Å²) in [6, 6.07) is 8.22. The van der Waals surface area contributed by atoms with E-state index in [1.54, 1.807) is 7.11 Å². The number of fused-ring (bicyclic) bond motifs is 1. The lowest BCUT2D eigenvalue weighted by molar-refractivity contribution is -0.0159. The Kier molecular flexibility index (Phi) is 4.29. The van der Waals surface area contributed by atoms with Crippen LogP contribution in [0.15, 0.2) is 28.7 Å². The Hall–Kier alpha value is -1.36. The lowest BCUT2D eigenvalue weighted by Crippen LogP contribution is -2.42. The van der Waals surface area contributed by atoms with Gasteiger partial charge in [-0.2, -0.15) is 0 Å². The minimum Gasteiger partial charge on any atom is -0.461 e. The molecule has 1 unspecified atom stereocenters. The van der Waals surface area contributed by atoms with E-state index < -0.39 is 0 Å². The molecule has 1 aromatic heterocycles. The Labute approximate surface area is 125 Å². The summed E-state index contributed by atoms with van der Waals surface area (Å²) in [5.41, 5.74) is 2.06. The molecule has 1 aliphatic heterocycles. The van der Waals surface area contributed by atoms with Gasteiger partial charge in [0.05, 0.1) is 6.61 Å². The fraction of sp³-hybridized carbons (Fsp3) is 0.529. The zero-order valence-electron chi connectivity index (χ0n) is 12.8. The zero-order chi connectivity index (χ0) is 14.7. The number of methoxy groups -OCH3 is 1. The predicted molar refractivity (Wildman–Crippen MR) is 82.5 cm³/mol. The summed E-state index contributed by atoms with van der Waals surface area (Å²) >= 11 is 0. The first kappa shape index (κ1) is 14.6. The molecular formula is C17H23NO3.